The van der Waals surface area contributed by atoms with Crippen molar-refractivity contribution in [3.05, 3.63) is 35.4 Å². The van der Waals surface area contributed by atoms with E-state index in [1.54, 1.807) is 0 Å². The SMILES string of the molecule is CC(CC(=O)CC1Cc2ccccc21)C(C)(C)C. The molecule has 0 spiro atoms. The van der Waals surface area contributed by atoms with Crippen LogP contribution in [0.15, 0.2) is 24.3 Å². The van der Waals surface area contributed by atoms with Crippen LogP contribution in [-0.2, 0) is 11.2 Å². The second-order valence-corrected chi connectivity index (χ2v) is 6.81. The van der Waals surface area contributed by atoms with Gasteiger partial charge in [0, 0.05) is 12.8 Å². The van der Waals surface area contributed by atoms with E-state index in [1.807, 2.05) is 0 Å². The molecule has 1 aliphatic rings. The first-order valence-electron chi connectivity index (χ1n) is 6.97. The number of fused-ring (bicyclic) bond motifs is 1. The maximum atomic E-state index is 12.1. The zero-order chi connectivity index (χ0) is 13.3. The normalized spacial score (nSPS) is 19.9. The summed E-state index contributed by atoms with van der Waals surface area (Å²) in [7, 11) is 0. The van der Waals surface area contributed by atoms with Crippen LogP contribution < -0.4 is 0 Å². The molecule has 2 atom stereocenters. The molecule has 98 valence electrons. The Hall–Kier alpha value is -1.11. The number of ketones is 1. The fourth-order valence-corrected chi connectivity index (χ4v) is 2.55. The lowest BCUT2D eigenvalue weighted by Gasteiger charge is -2.31. The minimum atomic E-state index is 0.229. The summed E-state index contributed by atoms with van der Waals surface area (Å²) in [6.07, 6.45) is 2.55. The molecule has 0 saturated heterocycles. The standard InChI is InChI=1S/C17H24O/c1-12(17(2,3)4)9-15(18)11-14-10-13-7-5-6-8-16(13)14/h5-8,12,14H,9-11H2,1-4H3. The molecule has 0 heterocycles. The fraction of sp³-hybridized carbons (Fsp3) is 0.588. The first-order valence-corrected chi connectivity index (χ1v) is 6.97. The fourth-order valence-electron chi connectivity index (χ4n) is 2.55. The summed E-state index contributed by atoms with van der Waals surface area (Å²) in [5.41, 5.74) is 3.06. The Balaban J connectivity index is 1.88. The highest BCUT2D eigenvalue weighted by atomic mass is 16.1. The quantitative estimate of drug-likeness (QED) is 0.769. The molecule has 0 bridgehead atoms. The van der Waals surface area contributed by atoms with Crippen molar-refractivity contribution in [3.63, 3.8) is 0 Å². The molecule has 0 saturated carbocycles. The van der Waals surface area contributed by atoms with Gasteiger partial charge in [0.05, 0.1) is 0 Å². The Morgan fingerprint density at radius 1 is 1.33 bits per heavy atom. The summed E-state index contributed by atoms with van der Waals surface area (Å²) >= 11 is 0. The molecule has 2 unspecified atom stereocenters. The average molecular weight is 244 g/mol. The summed E-state index contributed by atoms with van der Waals surface area (Å²) in [5, 5.41) is 0. The van der Waals surface area contributed by atoms with Gasteiger partial charge in [-0.25, -0.2) is 0 Å². The van der Waals surface area contributed by atoms with Crippen molar-refractivity contribution in [3.8, 4) is 0 Å². The zero-order valence-corrected chi connectivity index (χ0v) is 12.0. The monoisotopic (exact) mass is 244 g/mol. The van der Waals surface area contributed by atoms with E-state index in [0.717, 1.165) is 19.3 Å². The largest absolute Gasteiger partial charge is 0.300 e. The van der Waals surface area contributed by atoms with E-state index in [0.29, 0.717) is 17.6 Å². The maximum Gasteiger partial charge on any atom is 0.133 e. The predicted octanol–water partition coefficient (Wildman–Crippen LogP) is 4.36. The van der Waals surface area contributed by atoms with Gasteiger partial charge in [0.1, 0.15) is 5.78 Å². The van der Waals surface area contributed by atoms with Crippen molar-refractivity contribution in [2.45, 2.75) is 52.9 Å². The smallest absolute Gasteiger partial charge is 0.133 e. The van der Waals surface area contributed by atoms with Crippen LogP contribution in [0.2, 0.25) is 0 Å². The predicted molar refractivity (Wildman–Crippen MR) is 75.7 cm³/mol. The molecule has 0 aliphatic heterocycles. The van der Waals surface area contributed by atoms with E-state index >= 15 is 0 Å². The van der Waals surface area contributed by atoms with Gasteiger partial charge in [-0.05, 0) is 34.8 Å². The Bertz CT molecular complexity index is 439. The number of rotatable bonds is 4. The third-order valence-corrected chi connectivity index (χ3v) is 4.45. The van der Waals surface area contributed by atoms with Crippen molar-refractivity contribution >= 4 is 5.78 Å². The Morgan fingerprint density at radius 3 is 2.61 bits per heavy atom. The molecule has 0 N–H and O–H groups in total. The highest BCUT2D eigenvalue weighted by molar-refractivity contribution is 5.80. The third-order valence-electron chi connectivity index (χ3n) is 4.45. The molecule has 0 radical (unpaired) electrons. The van der Waals surface area contributed by atoms with Crippen molar-refractivity contribution in [2.24, 2.45) is 11.3 Å². The maximum absolute atomic E-state index is 12.1. The summed E-state index contributed by atoms with van der Waals surface area (Å²) in [5.74, 6) is 1.37. The second kappa shape index (κ2) is 4.87. The highest BCUT2D eigenvalue weighted by Gasteiger charge is 2.29. The first kappa shape index (κ1) is 13.3. The van der Waals surface area contributed by atoms with E-state index < -0.39 is 0 Å². The molecule has 0 fully saturated rings. The van der Waals surface area contributed by atoms with E-state index in [2.05, 4.69) is 52.0 Å². The minimum absolute atomic E-state index is 0.229. The average Bonchev–Trinajstić information content (AvgIpc) is 2.24. The number of carbonyl (C=O) groups excluding carboxylic acids is 1. The van der Waals surface area contributed by atoms with Crippen LogP contribution in [-0.4, -0.2) is 5.78 Å². The minimum Gasteiger partial charge on any atom is -0.300 e. The number of benzene rings is 1. The molecule has 0 amide bonds. The van der Waals surface area contributed by atoms with Crippen molar-refractivity contribution in [2.75, 3.05) is 0 Å². The van der Waals surface area contributed by atoms with Gasteiger partial charge < -0.3 is 0 Å². The summed E-state index contributed by atoms with van der Waals surface area (Å²) in [6.45, 7) is 8.82. The number of carbonyl (C=O) groups is 1. The summed E-state index contributed by atoms with van der Waals surface area (Å²) < 4.78 is 0. The van der Waals surface area contributed by atoms with Crippen molar-refractivity contribution in [1.29, 1.82) is 0 Å². The van der Waals surface area contributed by atoms with E-state index in [4.69, 9.17) is 0 Å². The third kappa shape index (κ3) is 2.82. The molecule has 1 nitrogen and oxygen atoms in total. The molecule has 1 heteroatoms. The molecule has 1 aromatic rings. The molecular weight excluding hydrogens is 220 g/mol. The van der Waals surface area contributed by atoms with E-state index in [9.17, 15) is 4.79 Å². The van der Waals surface area contributed by atoms with E-state index in [-0.39, 0.29) is 5.41 Å². The van der Waals surface area contributed by atoms with Gasteiger partial charge in [0.2, 0.25) is 0 Å². The molecule has 2 rings (SSSR count). The lowest BCUT2D eigenvalue weighted by atomic mass is 9.73. The number of hydrogen-bond donors (Lipinski definition) is 0. The molecule has 18 heavy (non-hydrogen) atoms. The zero-order valence-electron chi connectivity index (χ0n) is 12.0. The molecule has 1 aromatic carbocycles. The van der Waals surface area contributed by atoms with Gasteiger partial charge in [0.25, 0.3) is 0 Å². The topological polar surface area (TPSA) is 17.1 Å². The number of Topliss-reactive ketones (excluding diaryl/α,β-unsaturated/α-hetero) is 1. The van der Waals surface area contributed by atoms with Crippen LogP contribution >= 0.6 is 0 Å². The van der Waals surface area contributed by atoms with Crippen molar-refractivity contribution < 1.29 is 4.79 Å². The van der Waals surface area contributed by atoms with Gasteiger partial charge >= 0.3 is 0 Å². The van der Waals surface area contributed by atoms with Crippen LogP contribution in [0.25, 0.3) is 0 Å². The highest BCUT2D eigenvalue weighted by Crippen LogP contribution is 2.38. The van der Waals surface area contributed by atoms with Crippen LogP contribution in [0.3, 0.4) is 0 Å². The van der Waals surface area contributed by atoms with Gasteiger partial charge in [-0.2, -0.15) is 0 Å². The Labute approximate surface area is 111 Å². The first-order chi connectivity index (χ1) is 8.38. The summed E-state index contributed by atoms with van der Waals surface area (Å²) in [4.78, 5) is 12.1. The van der Waals surface area contributed by atoms with Gasteiger partial charge in [-0.15, -0.1) is 0 Å². The van der Waals surface area contributed by atoms with Crippen molar-refractivity contribution in [1.82, 2.24) is 0 Å². The molecule has 0 aromatic heterocycles. The number of hydrogen-bond acceptors (Lipinski definition) is 1. The second-order valence-electron chi connectivity index (χ2n) is 6.81. The van der Waals surface area contributed by atoms with Gasteiger partial charge in [-0.1, -0.05) is 52.0 Å². The molecular formula is C17H24O. The van der Waals surface area contributed by atoms with Gasteiger partial charge in [0.15, 0.2) is 0 Å². The van der Waals surface area contributed by atoms with Gasteiger partial charge in [-0.3, -0.25) is 4.79 Å². The lowest BCUT2D eigenvalue weighted by Crippen LogP contribution is -2.24. The van der Waals surface area contributed by atoms with Crippen LogP contribution in [0.1, 0.15) is 57.6 Å². The van der Waals surface area contributed by atoms with Crippen LogP contribution in [0.4, 0.5) is 0 Å². The summed E-state index contributed by atoms with van der Waals surface area (Å²) in [6, 6.07) is 8.50. The Morgan fingerprint density at radius 2 is 2.00 bits per heavy atom. The van der Waals surface area contributed by atoms with Crippen LogP contribution in [0.5, 0.6) is 0 Å². The Kier molecular flexibility index (Phi) is 3.61. The lowest BCUT2D eigenvalue weighted by molar-refractivity contribution is -0.121. The van der Waals surface area contributed by atoms with E-state index in [1.165, 1.54) is 11.1 Å². The molecule has 1 aliphatic carbocycles. The van der Waals surface area contributed by atoms with Crippen LogP contribution in [0, 0.1) is 11.3 Å².